The second-order valence-electron chi connectivity index (χ2n) is 3.40. The predicted molar refractivity (Wildman–Crippen MR) is 77.3 cm³/mol. The van der Waals surface area contributed by atoms with E-state index in [1.54, 1.807) is 0 Å². The van der Waals surface area contributed by atoms with Gasteiger partial charge in [0.2, 0.25) is 0 Å². The number of hydrogen-bond donors (Lipinski definition) is 5. The van der Waals surface area contributed by atoms with Gasteiger partial charge in [-0.3, -0.25) is 10.9 Å². The van der Waals surface area contributed by atoms with Crippen molar-refractivity contribution in [2.75, 3.05) is 10.9 Å². The van der Waals surface area contributed by atoms with Crippen LogP contribution < -0.4 is 21.7 Å². The predicted octanol–water partition coefficient (Wildman–Crippen LogP) is 0.919. The van der Waals surface area contributed by atoms with E-state index >= 15 is 0 Å². The van der Waals surface area contributed by atoms with Crippen LogP contribution in [0.3, 0.4) is 0 Å². The molecule has 4 amide bonds. The number of benzene rings is 1. The van der Waals surface area contributed by atoms with Gasteiger partial charge in [-0.2, -0.15) is 0 Å². The Kier molecular flexibility index (Phi) is 6.03. The Morgan fingerprint density at radius 1 is 0.905 bits per heavy atom. The number of anilines is 2. The van der Waals surface area contributed by atoms with Crippen molar-refractivity contribution >= 4 is 54.3 Å². The summed E-state index contributed by atoms with van der Waals surface area (Å²) in [5.74, 6) is -1.21. The molecule has 0 bridgehead atoms. The molecule has 1 aromatic rings. The average Bonchev–Trinajstić information content (AvgIpc) is 2.49. The molecule has 0 saturated heterocycles. The van der Waals surface area contributed by atoms with E-state index in [0.717, 1.165) is 0 Å². The van der Waals surface area contributed by atoms with Crippen molar-refractivity contribution in [3.8, 4) is 0 Å². The van der Waals surface area contributed by atoms with Crippen LogP contribution in [0.15, 0.2) is 26.9 Å². The van der Waals surface area contributed by atoms with Gasteiger partial charge in [-0.15, -0.1) is 8.73 Å². The van der Waals surface area contributed by atoms with Gasteiger partial charge in [0.25, 0.3) is 0 Å². The first-order chi connectivity index (χ1) is 9.96. The summed E-state index contributed by atoms with van der Waals surface area (Å²) in [6.07, 6.45) is 0. The molecule has 5 N–H and O–H groups in total. The van der Waals surface area contributed by atoms with Crippen LogP contribution in [0.1, 0.15) is 10.4 Å². The number of urea groups is 2. The first kappa shape index (κ1) is 16.3. The van der Waals surface area contributed by atoms with Crippen LogP contribution in [0.4, 0.5) is 21.0 Å². The maximum Gasteiger partial charge on any atom is 0.370 e. The largest absolute Gasteiger partial charge is 0.478 e. The van der Waals surface area contributed by atoms with Crippen LogP contribution in [0.25, 0.3) is 0 Å². The van der Waals surface area contributed by atoms with Crippen LogP contribution >= 0.6 is 0 Å². The van der Waals surface area contributed by atoms with E-state index in [0.29, 0.717) is 0 Å². The van der Waals surface area contributed by atoms with Gasteiger partial charge in [0.1, 0.15) is 0 Å². The van der Waals surface area contributed by atoms with Gasteiger partial charge in [0.05, 0.1) is 16.9 Å². The number of nitrogens with zero attached hydrogens (tertiary/aromatic N) is 2. The lowest BCUT2D eigenvalue weighted by atomic mass is 10.2. The number of amides is 4. The minimum atomic E-state index is -1.21. The standard InChI is InChI=1S/C9H8N6O4S2/c16-7(17)4-1-5(10-12-8(18)14-20)3-6(2-4)11-13-9(19)15-21/h1-3,10-11H,(H,12,18)(H,13,19)(H,16,17). The highest BCUT2D eigenvalue weighted by atomic mass is 32.1. The molecule has 0 saturated carbocycles. The number of carbonyl (C=O) groups excluding carboxylic acids is 2. The second-order valence-corrected chi connectivity index (χ2v) is 3.76. The van der Waals surface area contributed by atoms with Crippen molar-refractivity contribution in [2.24, 2.45) is 8.73 Å². The monoisotopic (exact) mass is 328 g/mol. The normalized spacial score (nSPS) is 9.14. The van der Waals surface area contributed by atoms with Crippen LogP contribution in [0.2, 0.25) is 0 Å². The highest BCUT2D eigenvalue weighted by molar-refractivity contribution is 7.48. The third kappa shape index (κ3) is 5.42. The van der Waals surface area contributed by atoms with E-state index in [1.807, 2.05) is 0 Å². The zero-order chi connectivity index (χ0) is 15.8. The van der Waals surface area contributed by atoms with Crippen LogP contribution in [-0.2, 0) is 24.9 Å². The summed E-state index contributed by atoms with van der Waals surface area (Å²) in [6.45, 7) is 0. The third-order valence-electron chi connectivity index (χ3n) is 1.97. The Bertz CT molecular complexity index is 566. The number of nitrogens with one attached hydrogen (secondary N) is 4. The highest BCUT2D eigenvalue weighted by Crippen LogP contribution is 2.18. The minimum Gasteiger partial charge on any atom is -0.478 e. The van der Waals surface area contributed by atoms with Gasteiger partial charge >= 0.3 is 18.0 Å². The molecule has 0 fully saturated rings. The van der Waals surface area contributed by atoms with Crippen LogP contribution in [0.5, 0.6) is 0 Å². The Morgan fingerprint density at radius 3 is 1.67 bits per heavy atom. The molecule has 0 aromatic heterocycles. The molecule has 0 unspecified atom stereocenters. The van der Waals surface area contributed by atoms with E-state index in [4.69, 9.17) is 5.11 Å². The molecule has 0 spiro atoms. The second kappa shape index (κ2) is 7.76. The first-order valence-electron chi connectivity index (χ1n) is 5.13. The summed E-state index contributed by atoms with van der Waals surface area (Å²) in [6, 6.07) is 2.25. The number of carboxylic acids is 1. The van der Waals surface area contributed by atoms with Crippen LogP contribution in [-0.4, -0.2) is 23.1 Å². The minimum absolute atomic E-state index is 0.100. The van der Waals surface area contributed by atoms with Gasteiger partial charge in [-0.25, -0.2) is 25.2 Å². The number of hydrazine groups is 2. The molecule has 10 nitrogen and oxygen atoms in total. The maximum absolute atomic E-state index is 11.0. The van der Waals surface area contributed by atoms with Crippen molar-refractivity contribution < 1.29 is 19.5 Å². The highest BCUT2D eigenvalue weighted by Gasteiger charge is 2.08. The third-order valence-corrected chi connectivity index (χ3v) is 2.30. The molecule has 0 aliphatic heterocycles. The van der Waals surface area contributed by atoms with Crippen molar-refractivity contribution in [1.82, 2.24) is 10.9 Å². The molecule has 0 heterocycles. The Labute approximate surface area is 128 Å². The maximum atomic E-state index is 11.0. The Balaban J connectivity index is 2.91. The number of hydrogen-bond acceptors (Lipinski definition) is 7. The molecular formula is C9H8N6O4S2. The van der Waals surface area contributed by atoms with E-state index in [-0.39, 0.29) is 16.9 Å². The van der Waals surface area contributed by atoms with Gasteiger partial charge < -0.3 is 5.11 Å². The van der Waals surface area contributed by atoms with Crippen LogP contribution in [0, 0.1) is 0 Å². The molecule has 0 atom stereocenters. The molecule has 0 aliphatic rings. The molecule has 1 aromatic carbocycles. The fourth-order valence-electron chi connectivity index (χ4n) is 1.19. The first-order valence-corrected chi connectivity index (χ1v) is 5.86. The van der Waals surface area contributed by atoms with Gasteiger partial charge in [0, 0.05) is 24.9 Å². The quantitative estimate of drug-likeness (QED) is 0.502. The Hall–Kier alpha value is -2.73. The summed E-state index contributed by atoms with van der Waals surface area (Å²) in [4.78, 5) is 32.8. The smallest absolute Gasteiger partial charge is 0.370 e. The molecule has 110 valence electrons. The number of carbonyl (C=O) groups is 3. The lowest BCUT2D eigenvalue weighted by molar-refractivity contribution is 0.0697. The van der Waals surface area contributed by atoms with E-state index < -0.39 is 18.0 Å². The van der Waals surface area contributed by atoms with Crippen molar-refractivity contribution in [1.29, 1.82) is 0 Å². The van der Waals surface area contributed by atoms with Gasteiger partial charge in [-0.1, -0.05) is 0 Å². The van der Waals surface area contributed by atoms with E-state index in [9.17, 15) is 14.4 Å². The Morgan fingerprint density at radius 2 is 1.33 bits per heavy atom. The zero-order valence-electron chi connectivity index (χ0n) is 10.1. The topological polar surface area (TPSA) is 144 Å². The summed E-state index contributed by atoms with van der Waals surface area (Å²) >= 11 is 8.33. The number of aromatic carboxylic acids is 1. The molecule has 0 radical (unpaired) electrons. The van der Waals surface area contributed by atoms with Crippen molar-refractivity contribution in [3.05, 3.63) is 23.8 Å². The molecular weight excluding hydrogens is 320 g/mol. The van der Waals surface area contributed by atoms with Gasteiger partial charge in [0.15, 0.2) is 0 Å². The summed E-state index contributed by atoms with van der Waals surface area (Å²) < 4.78 is 5.82. The summed E-state index contributed by atoms with van der Waals surface area (Å²) in [5.41, 5.74) is 9.39. The summed E-state index contributed by atoms with van der Waals surface area (Å²) in [5, 5.41) is 8.98. The number of rotatable bonds is 5. The number of carboxylic acid groups (broad SMARTS) is 1. The lowest BCUT2D eigenvalue weighted by Crippen LogP contribution is -2.28. The summed E-state index contributed by atoms with van der Waals surface area (Å²) in [7, 11) is 0. The van der Waals surface area contributed by atoms with Crippen molar-refractivity contribution in [2.45, 2.75) is 0 Å². The SMILES string of the molecule is O=C(N=S)NNc1cc(NNC(=O)N=S)cc(C(=O)O)c1. The molecule has 1 rings (SSSR count). The average molecular weight is 328 g/mol. The zero-order valence-corrected chi connectivity index (χ0v) is 11.7. The lowest BCUT2D eigenvalue weighted by Gasteiger charge is -2.11. The molecule has 12 heteroatoms. The van der Waals surface area contributed by atoms with E-state index in [2.05, 4.69) is 55.3 Å². The molecule has 0 aliphatic carbocycles. The fraction of sp³-hybridized carbons (Fsp3) is 0. The van der Waals surface area contributed by atoms with Crippen molar-refractivity contribution in [3.63, 3.8) is 0 Å². The van der Waals surface area contributed by atoms with Gasteiger partial charge in [-0.05, 0) is 18.2 Å². The van der Waals surface area contributed by atoms with E-state index in [1.165, 1.54) is 18.2 Å². The fourth-order valence-corrected chi connectivity index (χ4v) is 1.28. The molecule has 21 heavy (non-hydrogen) atoms.